The summed E-state index contributed by atoms with van der Waals surface area (Å²) in [5.41, 5.74) is 2.70. The molecule has 0 heterocycles. The smallest absolute Gasteiger partial charge is 0.0393 e. The third-order valence-corrected chi connectivity index (χ3v) is 3.77. The fraction of sp³-hybridized carbons (Fsp3) is 0.538. The molecule has 84 valence electrons. The van der Waals surface area contributed by atoms with Crippen LogP contribution in [0.3, 0.4) is 0 Å². The largest absolute Gasteiger partial charge is 0.374 e. The van der Waals surface area contributed by atoms with E-state index in [2.05, 4.69) is 66.0 Å². The maximum Gasteiger partial charge on any atom is 0.0393 e. The van der Waals surface area contributed by atoms with Gasteiger partial charge in [0.05, 0.1) is 0 Å². The Balaban J connectivity index is 2.68. The molecule has 0 aliphatic rings. The maximum atomic E-state index is 3.57. The van der Waals surface area contributed by atoms with Crippen molar-refractivity contribution in [1.82, 2.24) is 0 Å². The normalized spacial score (nSPS) is 12.5. The van der Waals surface area contributed by atoms with E-state index in [1.807, 2.05) is 0 Å². The second-order valence-electron chi connectivity index (χ2n) is 4.10. The number of nitrogens with zero attached hydrogens (tertiary/aromatic N) is 1. The van der Waals surface area contributed by atoms with Crippen molar-refractivity contribution in [2.75, 3.05) is 23.8 Å². The van der Waals surface area contributed by atoms with Gasteiger partial charge >= 0.3 is 0 Å². The first-order valence-corrected chi connectivity index (χ1v) is 6.63. The third-order valence-electron chi connectivity index (χ3n) is 2.85. The summed E-state index contributed by atoms with van der Waals surface area (Å²) in [6.07, 6.45) is 1.22. The predicted molar refractivity (Wildman–Crippen MR) is 72.0 cm³/mol. The number of benzene rings is 1. The van der Waals surface area contributed by atoms with Crippen molar-refractivity contribution >= 4 is 21.6 Å². The van der Waals surface area contributed by atoms with Crippen molar-refractivity contribution in [1.29, 1.82) is 0 Å². The highest BCUT2D eigenvalue weighted by Gasteiger charge is 2.09. The number of para-hydroxylation sites is 1. The van der Waals surface area contributed by atoms with E-state index in [0.29, 0.717) is 0 Å². The van der Waals surface area contributed by atoms with Crippen LogP contribution in [-0.4, -0.2) is 18.9 Å². The molecular weight excluding hydrogens is 250 g/mol. The van der Waals surface area contributed by atoms with Gasteiger partial charge in [0.15, 0.2) is 0 Å². The Morgan fingerprint density at radius 3 is 2.53 bits per heavy atom. The molecule has 1 unspecified atom stereocenters. The Morgan fingerprint density at radius 1 is 1.33 bits per heavy atom. The van der Waals surface area contributed by atoms with Crippen molar-refractivity contribution in [2.24, 2.45) is 5.92 Å². The molecule has 2 heteroatoms. The summed E-state index contributed by atoms with van der Waals surface area (Å²) >= 11 is 3.57. The second-order valence-corrected chi connectivity index (χ2v) is 4.74. The lowest BCUT2D eigenvalue weighted by Crippen LogP contribution is -2.26. The number of anilines is 1. The van der Waals surface area contributed by atoms with Crippen LogP contribution >= 0.6 is 15.9 Å². The molecule has 0 saturated carbocycles. The number of halogens is 1. The number of alkyl halides is 1. The molecule has 0 N–H and O–H groups in total. The van der Waals surface area contributed by atoms with E-state index in [-0.39, 0.29) is 0 Å². The van der Waals surface area contributed by atoms with Crippen molar-refractivity contribution in [3.63, 3.8) is 0 Å². The summed E-state index contributed by atoms with van der Waals surface area (Å²) in [5.74, 6) is 0.731. The monoisotopic (exact) mass is 269 g/mol. The number of hydrogen-bond acceptors (Lipinski definition) is 1. The van der Waals surface area contributed by atoms with E-state index in [9.17, 15) is 0 Å². The van der Waals surface area contributed by atoms with Gasteiger partial charge in [-0.2, -0.15) is 0 Å². The van der Waals surface area contributed by atoms with Gasteiger partial charge in [-0.15, -0.1) is 0 Å². The molecule has 1 atom stereocenters. The van der Waals surface area contributed by atoms with Gasteiger partial charge in [-0.25, -0.2) is 0 Å². The van der Waals surface area contributed by atoms with Crippen molar-refractivity contribution in [2.45, 2.75) is 20.3 Å². The summed E-state index contributed by atoms with van der Waals surface area (Å²) in [7, 11) is 2.17. The van der Waals surface area contributed by atoms with Crippen LogP contribution in [-0.2, 0) is 0 Å². The van der Waals surface area contributed by atoms with E-state index < -0.39 is 0 Å². The van der Waals surface area contributed by atoms with Gasteiger partial charge in [0, 0.05) is 24.6 Å². The minimum Gasteiger partial charge on any atom is -0.374 e. The van der Waals surface area contributed by atoms with E-state index in [1.165, 1.54) is 17.7 Å². The first-order chi connectivity index (χ1) is 7.19. The van der Waals surface area contributed by atoms with Crippen LogP contribution in [0.2, 0.25) is 0 Å². The average Bonchev–Trinajstić information content (AvgIpc) is 2.26. The van der Waals surface area contributed by atoms with Crippen LogP contribution < -0.4 is 4.90 Å². The van der Waals surface area contributed by atoms with Crippen LogP contribution in [0.4, 0.5) is 5.69 Å². The van der Waals surface area contributed by atoms with Crippen LogP contribution in [0.1, 0.15) is 18.9 Å². The molecule has 1 rings (SSSR count). The van der Waals surface area contributed by atoms with E-state index in [4.69, 9.17) is 0 Å². The number of aryl methyl sites for hydroxylation is 1. The van der Waals surface area contributed by atoms with Crippen molar-refractivity contribution in [3.05, 3.63) is 29.8 Å². The zero-order chi connectivity index (χ0) is 11.3. The van der Waals surface area contributed by atoms with Gasteiger partial charge in [0.1, 0.15) is 0 Å². The topological polar surface area (TPSA) is 3.24 Å². The Morgan fingerprint density at radius 2 is 2.00 bits per heavy atom. The minimum absolute atomic E-state index is 0.731. The zero-order valence-electron chi connectivity index (χ0n) is 9.83. The highest BCUT2D eigenvalue weighted by molar-refractivity contribution is 9.09. The zero-order valence-corrected chi connectivity index (χ0v) is 11.4. The molecule has 0 amide bonds. The number of rotatable bonds is 5. The Kier molecular flexibility index (Phi) is 5.16. The molecule has 1 nitrogen and oxygen atoms in total. The third kappa shape index (κ3) is 3.53. The summed E-state index contributed by atoms with van der Waals surface area (Å²) < 4.78 is 0. The van der Waals surface area contributed by atoms with Crippen molar-refractivity contribution in [3.8, 4) is 0 Å². The molecule has 15 heavy (non-hydrogen) atoms. The lowest BCUT2D eigenvalue weighted by atomic mass is 10.1. The predicted octanol–water partition coefficient (Wildman–Crippen LogP) is 3.85. The lowest BCUT2D eigenvalue weighted by molar-refractivity contribution is 0.572. The van der Waals surface area contributed by atoms with Gasteiger partial charge in [-0.05, 0) is 24.5 Å². The summed E-state index contributed by atoms with van der Waals surface area (Å²) in [4.78, 5) is 2.35. The summed E-state index contributed by atoms with van der Waals surface area (Å²) in [6, 6.07) is 8.56. The first kappa shape index (κ1) is 12.6. The highest BCUT2D eigenvalue weighted by atomic mass is 79.9. The Labute approximate surface area is 102 Å². The Bertz CT molecular complexity index is 294. The van der Waals surface area contributed by atoms with E-state index in [1.54, 1.807) is 0 Å². The fourth-order valence-electron chi connectivity index (χ4n) is 1.76. The molecule has 1 aromatic rings. The maximum absolute atomic E-state index is 3.57. The standard InChI is InChI=1S/C13H20BrN/c1-4-12(9-14)10-15(3)13-8-6-5-7-11(13)2/h5-8,12H,4,9-10H2,1-3H3. The number of hydrogen-bond donors (Lipinski definition) is 0. The molecule has 0 spiro atoms. The highest BCUT2D eigenvalue weighted by Crippen LogP contribution is 2.20. The minimum atomic E-state index is 0.731. The SMILES string of the molecule is CCC(CBr)CN(C)c1ccccc1C. The molecule has 0 saturated heterocycles. The lowest BCUT2D eigenvalue weighted by Gasteiger charge is -2.25. The van der Waals surface area contributed by atoms with Gasteiger partial charge in [0.25, 0.3) is 0 Å². The van der Waals surface area contributed by atoms with Crippen LogP contribution in [0.5, 0.6) is 0 Å². The molecule has 0 aliphatic carbocycles. The van der Waals surface area contributed by atoms with Crippen molar-refractivity contribution < 1.29 is 0 Å². The molecule has 0 radical (unpaired) electrons. The molecule has 0 fully saturated rings. The van der Waals surface area contributed by atoms with Crippen LogP contribution in [0.15, 0.2) is 24.3 Å². The average molecular weight is 270 g/mol. The molecule has 0 aliphatic heterocycles. The Hall–Kier alpha value is -0.500. The molecule has 1 aromatic carbocycles. The summed E-state index contributed by atoms with van der Waals surface area (Å²) in [6.45, 7) is 5.53. The van der Waals surface area contributed by atoms with E-state index in [0.717, 1.165) is 17.8 Å². The molecular formula is C13H20BrN. The fourth-order valence-corrected chi connectivity index (χ4v) is 2.43. The quantitative estimate of drug-likeness (QED) is 0.734. The van der Waals surface area contributed by atoms with Crippen LogP contribution in [0, 0.1) is 12.8 Å². The van der Waals surface area contributed by atoms with Gasteiger partial charge < -0.3 is 4.90 Å². The first-order valence-electron chi connectivity index (χ1n) is 5.51. The van der Waals surface area contributed by atoms with E-state index >= 15 is 0 Å². The van der Waals surface area contributed by atoms with Gasteiger partial charge in [-0.3, -0.25) is 0 Å². The summed E-state index contributed by atoms with van der Waals surface area (Å²) in [5, 5.41) is 1.08. The molecule has 0 bridgehead atoms. The molecule has 0 aromatic heterocycles. The van der Waals surface area contributed by atoms with Crippen LogP contribution in [0.25, 0.3) is 0 Å². The second kappa shape index (κ2) is 6.16. The van der Waals surface area contributed by atoms with Gasteiger partial charge in [0.2, 0.25) is 0 Å². The van der Waals surface area contributed by atoms with Gasteiger partial charge in [-0.1, -0.05) is 47.5 Å².